The lowest BCUT2D eigenvalue weighted by Gasteiger charge is -2.11. The van der Waals surface area contributed by atoms with Crippen molar-refractivity contribution in [2.45, 2.75) is 6.42 Å². The van der Waals surface area contributed by atoms with Gasteiger partial charge in [-0.05, 0) is 17.5 Å². The number of fused-ring (bicyclic) bond motifs is 1. The predicted octanol–water partition coefficient (Wildman–Crippen LogP) is 7.39. The molecule has 12 nitrogen and oxygen atoms in total. The fourth-order valence-corrected chi connectivity index (χ4v) is 3.91. The van der Waals surface area contributed by atoms with Crippen molar-refractivity contribution in [2.24, 2.45) is 10.2 Å². The van der Waals surface area contributed by atoms with E-state index in [1.807, 2.05) is 12.1 Å². The zero-order valence-corrected chi connectivity index (χ0v) is 19.9. The van der Waals surface area contributed by atoms with Crippen LogP contribution in [-0.4, -0.2) is 21.4 Å². The predicted molar refractivity (Wildman–Crippen MR) is 135 cm³/mol. The molecule has 0 aliphatic heterocycles. The van der Waals surface area contributed by atoms with Crippen LogP contribution >= 0.6 is 11.6 Å². The molecule has 0 saturated heterocycles. The standard InChI is InChI=1S/C24H15ClFN5O7/c25-19-13-16(29(32)33)6-7-20(19)27-28-24-17-4-2-1-3-14(17)5-8-23(24)38-10-9-18-21(30(34)35)11-15(26)12-22(18)31(36)37/h1-8,11-13H,9-10H2. The van der Waals surface area contributed by atoms with Crippen molar-refractivity contribution >= 4 is 50.8 Å². The van der Waals surface area contributed by atoms with Gasteiger partial charge in [0.1, 0.15) is 28.5 Å². The van der Waals surface area contributed by atoms with Crippen LogP contribution in [-0.2, 0) is 6.42 Å². The Kier molecular flexibility index (Phi) is 7.48. The Morgan fingerprint density at radius 1 is 0.842 bits per heavy atom. The van der Waals surface area contributed by atoms with Crippen molar-refractivity contribution in [3.8, 4) is 5.75 Å². The van der Waals surface area contributed by atoms with E-state index in [1.54, 1.807) is 24.3 Å². The lowest BCUT2D eigenvalue weighted by molar-refractivity contribution is -0.395. The average Bonchev–Trinajstić information content (AvgIpc) is 2.88. The maximum atomic E-state index is 13.7. The zero-order chi connectivity index (χ0) is 27.4. The topological polar surface area (TPSA) is 163 Å². The van der Waals surface area contributed by atoms with E-state index < -0.39 is 32.0 Å². The van der Waals surface area contributed by atoms with Gasteiger partial charge in [-0.3, -0.25) is 30.3 Å². The lowest BCUT2D eigenvalue weighted by Crippen LogP contribution is -2.08. The Balaban J connectivity index is 1.67. The highest BCUT2D eigenvalue weighted by Gasteiger charge is 2.27. The largest absolute Gasteiger partial charge is 0.491 e. The summed E-state index contributed by atoms with van der Waals surface area (Å²) >= 11 is 6.11. The highest BCUT2D eigenvalue weighted by Crippen LogP contribution is 2.39. The molecule has 0 radical (unpaired) electrons. The second-order valence-corrected chi connectivity index (χ2v) is 8.17. The van der Waals surface area contributed by atoms with Crippen LogP contribution in [0.1, 0.15) is 5.56 Å². The van der Waals surface area contributed by atoms with Crippen LogP contribution in [0.15, 0.2) is 77.0 Å². The summed E-state index contributed by atoms with van der Waals surface area (Å²) < 4.78 is 19.5. The number of nitro groups is 3. The summed E-state index contributed by atoms with van der Waals surface area (Å²) in [5.41, 5.74) is -1.54. The Labute approximate surface area is 217 Å². The Bertz CT molecular complexity index is 1590. The summed E-state index contributed by atoms with van der Waals surface area (Å²) in [6.45, 7) is -0.244. The van der Waals surface area contributed by atoms with Crippen molar-refractivity contribution in [2.75, 3.05) is 6.61 Å². The third kappa shape index (κ3) is 5.52. The number of nitrogens with zero attached hydrogens (tertiary/aromatic N) is 5. The molecular weight excluding hydrogens is 525 g/mol. The average molecular weight is 540 g/mol. The fraction of sp³-hybridized carbons (Fsp3) is 0.0833. The minimum Gasteiger partial charge on any atom is -0.491 e. The number of non-ortho nitro benzene ring substituents is 1. The zero-order valence-electron chi connectivity index (χ0n) is 19.1. The highest BCUT2D eigenvalue weighted by atomic mass is 35.5. The van der Waals surface area contributed by atoms with E-state index in [9.17, 15) is 34.7 Å². The molecule has 192 valence electrons. The SMILES string of the molecule is O=[N+]([O-])c1ccc(N=Nc2c(OCCc3c([N+](=O)[O-])cc(F)cc3[N+](=O)[O-])ccc3ccccc23)c(Cl)c1. The van der Waals surface area contributed by atoms with Gasteiger partial charge in [0.15, 0.2) is 0 Å². The molecule has 0 aliphatic carbocycles. The molecule has 38 heavy (non-hydrogen) atoms. The van der Waals surface area contributed by atoms with Crippen molar-refractivity contribution in [3.05, 3.63) is 113 Å². The molecule has 0 saturated carbocycles. The molecule has 4 rings (SSSR count). The summed E-state index contributed by atoms with van der Waals surface area (Å²) in [4.78, 5) is 31.3. The number of ether oxygens (including phenoxy) is 1. The molecule has 0 N–H and O–H groups in total. The van der Waals surface area contributed by atoms with Crippen molar-refractivity contribution in [1.29, 1.82) is 0 Å². The molecule has 4 aromatic carbocycles. The Hall–Kier alpha value is -5.04. The van der Waals surface area contributed by atoms with Crippen molar-refractivity contribution < 1.29 is 23.9 Å². The maximum absolute atomic E-state index is 13.7. The molecule has 0 atom stereocenters. The second-order valence-electron chi connectivity index (χ2n) is 7.76. The monoisotopic (exact) mass is 539 g/mol. The van der Waals surface area contributed by atoms with Gasteiger partial charge in [0, 0.05) is 23.9 Å². The van der Waals surface area contributed by atoms with Crippen molar-refractivity contribution in [3.63, 3.8) is 0 Å². The molecule has 0 spiro atoms. The molecular formula is C24H15ClFN5O7. The molecule has 0 amide bonds. The van der Waals surface area contributed by atoms with Crippen LogP contribution in [0.25, 0.3) is 10.8 Å². The van der Waals surface area contributed by atoms with Gasteiger partial charge in [-0.25, -0.2) is 4.39 Å². The quantitative estimate of drug-likeness (QED) is 0.121. The normalized spacial score (nSPS) is 11.1. The maximum Gasteiger partial charge on any atom is 0.282 e. The van der Waals surface area contributed by atoms with E-state index in [1.165, 1.54) is 12.1 Å². The number of rotatable bonds is 9. The number of halogens is 2. The molecule has 14 heteroatoms. The molecule has 4 aromatic rings. The van der Waals surface area contributed by atoms with Crippen LogP contribution in [0.3, 0.4) is 0 Å². The van der Waals surface area contributed by atoms with Gasteiger partial charge in [-0.1, -0.05) is 41.9 Å². The molecule has 0 aromatic heterocycles. The third-order valence-corrected chi connectivity index (χ3v) is 5.74. The first-order chi connectivity index (χ1) is 18.2. The lowest BCUT2D eigenvalue weighted by atomic mass is 10.1. The number of hydrogen-bond acceptors (Lipinski definition) is 9. The van der Waals surface area contributed by atoms with E-state index in [4.69, 9.17) is 16.3 Å². The van der Waals surface area contributed by atoms with Crippen LogP contribution in [0.4, 0.5) is 32.8 Å². The minimum atomic E-state index is -1.10. The van der Waals surface area contributed by atoms with Crippen LogP contribution in [0.5, 0.6) is 5.75 Å². The first-order valence-corrected chi connectivity index (χ1v) is 11.1. The van der Waals surface area contributed by atoms with E-state index in [0.29, 0.717) is 17.5 Å². The summed E-state index contributed by atoms with van der Waals surface area (Å²) in [5.74, 6) is -0.895. The first-order valence-electron chi connectivity index (χ1n) is 10.8. The van der Waals surface area contributed by atoms with Gasteiger partial charge >= 0.3 is 0 Å². The Morgan fingerprint density at radius 3 is 2.16 bits per heavy atom. The highest BCUT2D eigenvalue weighted by molar-refractivity contribution is 6.33. The van der Waals surface area contributed by atoms with Gasteiger partial charge in [-0.2, -0.15) is 0 Å². The number of azo groups is 1. The van der Waals surface area contributed by atoms with Gasteiger partial charge in [0.2, 0.25) is 0 Å². The molecule has 0 aliphatic rings. The molecule has 0 unspecified atom stereocenters. The van der Waals surface area contributed by atoms with E-state index in [2.05, 4.69) is 10.2 Å². The minimum absolute atomic E-state index is 0.00147. The molecule has 0 heterocycles. The summed E-state index contributed by atoms with van der Waals surface area (Å²) in [7, 11) is 0. The van der Waals surface area contributed by atoms with E-state index in [0.717, 1.165) is 11.5 Å². The van der Waals surface area contributed by atoms with E-state index in [-0.39, 0.29) is 46.4 Å². The number of hydrogen-bond donors (Lipinski definition) is 0. The summed E-state index contributed by atoms with van der Waals surface area (Å²) in [5, 5.41) is 43.5. The smallest absolute Gasteiger partial charge is 0.282 e. The van der Waals surface area contributed by atoms with Gasteiger partial charge in [-0.15, -0.1) is 10.2 Å². The van der Waals surface area contributed by atoms with Gasteiger partial charge in [0.25, 0.3) is 17.1 Å². The summed E-state index contributed by atoms with van der Waals surface area (Å²) in [6, 6.07) is 15.4. The molecule has 0 fully saturated rings. The fourth-order valence-electron chi connectivity index (χ4n) is 3.70. The number of benzene rings is 4. The second kappa shape index (κ2) is 10.9. The van der Waals surface area contributed by atoms with Crippen molar-refractivity contribution in [1.82, 2.24) is 0 Å². The van der Waals surface area contributed by atoms with E-state index >= 15 is 0 Å². The number of nitro benzene ring substituents is 3. The van der Waals surface area contributed by atoms with Crippen LogP contribution in [0.2, 0.25) is 5.02 Å². The summed E-state index contributed by atoms with van der Waals surface area (Å²) in [6.07, 6.45) is -0.273. The first kappa shape index (κ1) is 26.0. The third-order valence-electron chi connectivity index (χ3n) is 5.43. The molecule has 0 bridgehead atoms. The van der Waals surface area contributed by atoms with Gasteiger partial charge in [0.05, 0.1) is 38.5 Å². The van der Waals surface area contributed by atoms with Gasteiger partial charge < -0.3 is 4.74 Å². The van der Waals surface area contributed by atoms with Crippen LogP contribution in [0, 0.1) is 36.2 Å². The Morgan fingerprint density at radius 2 is 1.53 bits per heavy atom. The van der Waals surface area contributed by atoms with Crippen LogP contribution < -0.4 is 4.74 Å².